The van der Waals surface area contributed by atoms with Crippen molar-refractivity contribution in [3.05, 3.63) is 41.0 Å². The van der Waals surface area contributed by atoms with E-state index in [-0.39, 0.29) is 12.2 Å². The van der Waals surface area contributed by atoms with Gasteiger partial charge in [0.25, 0.3) is 0 Å². The fourth-order valence-electron chi connectivity index (χ4n) is 1.67. The van der Waals surface area contributed by atoms with Crippen molar-refractivity contribution < 1.29 is 14.7 Å². The van der Waals surface area contributed by atoms with Crippen LogP contribution in [0.15, 0.2) is 24.3 Å². The molecule has 98 valence electrons. The van der Waals surface area contributed by atoms with Crippen LogP contribution >= 0.6 is 11.6 Å². The summed E-state index contributed by atoms with van der Waals surface area (Å²) in [5, 5.41) is 16.6. The number of Topliss-reactive ketones (excluding diaryl/α,β-unsaturated/α-hetero) is 1. The number of aliphatic carboxylic acids is 1. The fraction of sp³-hybridized carbons (Fsp3) is 0.214. The van der Waals surface area contributed by atoms with Gasteiger partial charge in [0.2, 0.25) is 0 Å². The number of hydrogen-bond acceptors (Lipinski definition) is 3. The van der Waals surface area contributed by atoms with Crippen molar-refractivity contribution in [3.8, 4) is 6.07 Å². The summed E-state index contributed by atoms with van der Waals surface area (Å²) in [7, 11) is 0. The minimum atomic E-state index is -1.10. The fourth-order valence-corrected chi connectivity index (χ4v) is 1.86. The quantitative estimate of drug-likeness (QED) is 0.663. The molecule has 0 radical (unpaired) electrons. The zero-order valence-corrected chi connectivity index (χ0v) is 11.0. The van der Waals surface area contributed by atoms with Gasteiger partial charge in [-0.3, -0.25) is 4.79 Å². The minimum absolute atomic E-state index is 0.120. The number of carboxylic acid groups (broad SMARTS) is 1. The second kappa shape index (κ2) is 6.72. The summed E-state index contributed by atoms with van der Waals surface area (Å²) in [5.41, 5.74) is 1.67. The molecule has 1 rings (SSSR count). The Hall–Kier alpha value is -2.12. The Morgan fingerprint density at radius 1 is 1.53 bits per heavy atom. The van der Waals surface area contributed by atoms with Crippen LogP contribution in [0.2, 0.25) is 0 Å². The summed E-state index contributed by atoms with van der Waals surface area (Å²) in [6, 6.07) is 7.05. The van der Waals surface area contributed by atoms with Crippen molar-refractivity contribution >= 4 is 29.4 Å². The molecule has 0 amide bonds. The number of ketones is 1. The van der Waals surface area contributed by atoms with Gasteiger partial charge in [-0.2, -0.15) is 5.26 Å². The number of benzene rings is 1. The summed E-state index contributed by atoms with van der Waals surface area (Å²) < 4.78 is 0. The number of carboxylic acids is 1. The molecule has 0 aromatic heterocycles. The van der Waals surface area contributed by atoms with Gasteiger partial charge in [-0.15, -0.1) is 11.6 Å². The van der Waals surface area contributed by atoms with Crippen LogP contribution in [0.25, 0.3) is 6.08 Å². The highest BCUT2D eigenvalue weighted by molar-refractivity contribution is 6.31. The number of nitrogens with zero attached hydrogens (tertiary/aromatic N) is 1. The third-order valence-corrected chi connectivity index (χ3v) is 3.06. The first kappa shape index (κ1) is 14.9. The van der Waals surface area contributed by atoms with Gasteiger partial charge in [-0.1, -0.05) is 18.2 Å². The van der Waals surface area contributed by atoms with E-state index in [0.717, 1.165) is 6.08 Å². The number of hydrogen-bond donors (Lipinski definition) is 1. The van der Waals surface area contributed by atoms with E-state index >= 15 is 0 Å². The molecule has 4 nitrogen and oxygen atoms in total. The molecule has 5 heteroatoms. The van der Waals surface area contributed by atoms with E-state index in [2.05, 4.69) is 0 Å². The number of carbonyl (C=O) groups excluding carboxylic acids is 1. The Kier molecular flexibility index (Phi) is 5.28. The van der Waals surface area contributed by atoms with Crippen molar-refractivity contribution in [2.75, 3.05) is 0 Å². The predicted molar refractivity (Wildman–Crippen MR) is 71.7 cm³/mol. The van der Waals surface area contributed by atoms with Gasteiger partial charge in [-0.05, 0) is 29.7 Å². The molecule has 0 heterocycles. The van der Waals surface area contributed by atoms with Crippen molar-refractivity contribution in [1.82, 2.24) is 0 Å². The molecule has 0 aliphatic carbocycles. The van der Waals surface area contributed by atoms with Crippen LogP contribution in [-0.4, -0.2) is 16.9 Å². The van der Waals surface area contributed by atoms with Crippen LogP contribution in [0, 0.1) is 11.3 Å². The molecule has 1 aromatic carbocycles. The van der Waals surface area contributed by atoms with E-state index in [1.165, 1.54) is 13.0 Å². The van der Waals surface area contributed by atoms with Gasteiger partial charge in [0.05, 0.1) is 12.5 Å². The van der Waals surface area contributed by atoms with Gasteiger partial charge in [0.1, 0.15) is 5.38 Å². The van der Waals surface area contributed by atoms with E-state index in [0.29, 0.717) is 16.7 Å². The molecule has 1 unspecified atom stereocenters. The molecule has 1 N–H and O–H groups in total. The van der Waals surface area contributed by atoms with Gasteiger partial charge in [-0.25, -0.2) is 4.79 Å². The molecule has 0 bridgehead atoms. The third-order valence-electron chi connectivity index (χ3n) is 2.52. The molecule has 0 saturated heterocycles. The smallest absolute Gasteiger partial charge is 0.328 e. The Morgan fingerprint density at radius 3 is 2.74 bits per heavy atom. The summed E-state index contributed by atoms with van der Waals surface area (Å²) in [6.07, 6.45) is 2.45. The molecule has 0 fully saturated rings. The Bertz CT molecular complexity index is 573. The average molecular weight is 278 g/mol. The molecule has 1 atom stereocenters. The van der Waals surface area contributed by atoms with Crippen LogP contribution in [0.4, 0.5) is 0 Å². The highest BCUT2D eigenvalue weighted by Crippen LogP contribution is 2.28. The normalized spacial score (nSPS) is 12.1. The topological polar surface area (TPSA) is 78.2 Å². The van der Waals surface area contributed by atoms with Gasteiger partial charge < -0.3 is 5.11 Å². The van der Waals surface area contributed by atoms with Gasteiger partial charge in [0.15, 0.2) is 5.78 Å². The maximum atomic E-state index is 11.4. The number of carbonyl (C=O) groups is 2. The highest BCUT2D eigenvalue weighted by Gasteiger charge is 2.17. The van der Waals surface area contributed by atoms with Crippen LogP contribution in [0.1, 0.15) is 29.0 Å². The van der Waals surface area contributed by atoms with E-state index in [1.54, 1.807) is 18.2 Å². The second-order valence-corrected chi connectivity index (χ2v) is 4.34. The summed E-state index contributed by atoms with van der Waals surface area (Å²) in [5.74, 6) is -1.34. The molecule has 1 aromatic rings. The van der Waals surface area contributed by atoms with Crippen LogP contribution in [0.3, 0.4) is 0 Å². The Labute approximate surface area is 115 Å². The maximum Gasteiger partial charge on any atom is 0.328 e. The minimum Gasteiger partial charge on any atom is -0.478 e. The molecule has 19 heavy (non-hydrogen) atoms. The van der Waals surface area contributed by atoms with Gasteiger partial charge >= 0.3 is 5.97 Å². The largest absolute Gasteiger partial charge is 0.478 e. The van der Waals surface area contributed by atoms with Crippen molar-refractivity contribution in [2.24, 2.45) is 0 Å². The number of nitriles is 1. The molecular weight excluding hydrogens is 266 g/mol. The van der Waals surface area contributed by atoms with Crippen LogP contribution in [0.5, 0.6) is 0 Å². The maximum absolute atomic E-state index is 11.4. The van der Waals surface area contributed by atoms with Gasteiger partial charge in [0, 0.05) is 6.08 Å². The molecule has 0 spiro atoms. The Morgan fingerprint density at radius 2 is 2.21 bits per heavy atom. The highest BCUT2D eigenvalue weighted by atomic mass is 35.5. The number of halogens is 1. The van der Waals surface area contributed by atoms with Crippen LogP contribution in [-0.2, 0) is 16.0 Å². The first-order valence-electron chi connectivity index (χ1n) is 5.51. The SMILES string of the molecule is CC(=O)C(Cl)c1cccc(CC#N)c1C=CC(=O)O. The number of rotatable bonds is 5. The molecular formula is C14H12ClNO3. The molecule has 0 aliphatic heterocycles. The average Bonchev–Trinajstić information content (AvgIpc) is 2.36. The predicted octanol–water partition coefficient (Wildman–Crippen LogP) is 2.72. The first-order valence-corrected chi connectivity index (χ1v) is 5.95. The standard InChI is InChI=1S/C14H12ClNO3/c1-9(17)14(15)12-4-2-3-10(7-8-16)11(12)5-6-13(18)19/h2-6,14H,7H2,1H3,(H,18,19). The van der Waals surface area contributed by atoms with Crippen molar-refractivity contribution in [1.29, 1.82) is 5.26 Å². The van der Waals surface area contributed by atoms with Crippen LogP contribution < -0.4 is 0 Å². The zero-order valence-electron chi connectivity index (χ0n) is 10.3. The summed E-state index contributed by atoms with van der Waals surface area (Å²) in [6.45, 7) is 1.36. The lowest BCUT2D eigenvalue weighted by molar-refractivity contribution is -0.131. The zero-order chi connectivity index (χ0) is 14.4. The summed E-state index contributed by atoms with van der Waals surface area (Å²) in [4.78, 5) is 22.0. The Balaban J connectivity index is 3.37. The monoisotopic (exact) mass is 277 g/mol. The second-order valence-electron chi connectivity index (χ2n) is 3.90. The molecule has 0 saturated carbocycles. The molecule has 0 aliphatic rings. The van der Waals surface area contributed by atoms with E-state index in [9.17, 15) is 9.59 Å². The van der Waals surface area contributed by atoms with E-state index in [4.69, 9.17) is 22.0 Å². The van der Waals surface area contributed by atoms with E-state index < -0.39 is 11.3 Å². The third kappa shape index (κ3) is 3.94. The first-order chi connectivity index (χ1) is 8.97. The summed E-state index contributed by atoms with van der Waals surface area (Å²) >= 11 is 6.02. The lowest BCUT2D eigenvalue weighted by Crippen LogP contribution is -2.05. The lowest BCUT2D eigenvalue weighted by Gasteiger charge is -2.13. The van der Waals surface area contributed by atoms with Crippen molar-refractivity contribution in [3.63, 3.8) is 0 Å². The lowest BCUT2D eigenvalue weighted by atomic mass is 9.95. The number of alkyl halides is 1. The van der Waals surface area contributed by atoms with Crippen molar-refractivity contribution in [2.45, 2.75) is 18.7 Å². The van der Waals surface area contributed by atoms with E-state index in [1.807, 2.05) is 6.07 Å².